The van der Waals surface area contributed by atoms with Gasteiger partial charge in [0.2, 0.25) is 0 Å². The minimum Gasteiger partial charge on any atom is -0.488 e. The molecule has 6 nitrogen and oxygen atoms in total. The second-order valence-electron chi connectivity index (χ2n) is 8.73. The number of imidazole rings is 1. The lowest BCUT2D eigenvalue weighted by Gasteiger charge is -2.14. The number of hydrogen-bond donors (Lipinski definition) is 1. The third kappa shape index (κ3) is 3.95. The van der Waals surface area contributed by atoms with E-state index < -0.39 is 5.97 Å². The highest BCUT2D eigenvalue weighted by Crippen LogP contribution is 2.38. The molecule has 35 heavy (non-hydrogen) atoms. The Morgan fingerprint density at radius 2 is 1.97 bits per heavy atom. The number of allylic oxidation sites excluding steroid dienone is 1. The number of aromatic nitrogens is 2. The number of aryl methyl sites for hydroxylation is 1. The number of carboxylic acids is 1. The third-order valence-electron chi connectivity index (χ3n) is 6.42. The number of fused-ring (bicyclic) bond motifs is 3. The Balaban J connectivity index is 1.61. The van der Waals surface area contributed by atoms with E-state index in [9.17, 15) is 15.2 Å². The van der Waals surface area contributed by atoms with Crippen molar-refractivity contribution < 1.29 is 14.6 Å². The van der Waals surface area contributed by atoms with Crippen LogP contribution in [0.15, 0.2) is 66.2 Å². The van der Waals surface area contributed by atoms with E-state index in [1.165, 1.54) is 0 Å². The summed E-state index contributed by atoms with van der Waals surface area (Å²) in [5.41, 5.74) is 7.08. The van der Waals surface area contributed by atoms with Crippen LogP contribution < -0.4 is 4.74 Å². The standard InChI is InChI=1S/C29H25N3O3/c1-3-7-26-31-28-23(29(33)34)9-6-10-24(28)32(26)16-19-12-13-21-20(14-19)17-35-25-11-5-4-8-22(25)27(21)18(2)15-30/h4-6,8-14H,3,7,16-17H2,1-2H3,(H,33,34)/b27-18-. The van der Waals surface area contributed by atoms with Crippen LogP contribution in [0, 0.1) is 11.3 Å². The Kier molecular flexibility index (Phi) is 5.84. The maximum Gasteiger partial charge on any atom is 0.337 e. The topological polar surface area (TPSA) is 88.1 Å². The Morgan fingerprint density at radius 3 is 2.74 bits per heavy atom. The summed E-state index contributed by atoms with van der Waals surface area (Å²) in [4.78, 5) is 16.5. The molecule has 5 rings (SSSR count). The number of nitriles is 1. The van der Waals surface area contributed by atoms with Crippen LogP contribution in [-0.2, 0) is 19.6 Å². The van der Waals surface area contributed by atoms with Crippen molar-refractivity contribution in [1.82, 2.24) is 9.55 Å². The van der Waals surface area contributed by atoms with Crippen molar-refractivity contribution in [2.24, 2.45) is 0 Å². The van der Waals surface area contributed by atoms with E-state index >= 15 is 0 Å². The zero-order chi connectivity index (χ0) is 24.5. The van der Waals surface area contributed by atoms with Gasteiger partial charge in [-0.25, -0.2) is 9.78 Å². The van der Waals surface area contributed by atoms with Crippen LogP contribution >= 0.6 is 0 Å². The first kappa shape index (κ1) is 22.4. The summed E-state index contributed by atoms with van der Waals surface area (Å²) in [5.74, 6) is 0.662. The molecule has 4 aromatic rings. The fourth-order valence-corrected chi connectivity index (χ4v) is 4.81. The molecule has 0 fully saturated rings. The highest BCUT2D eigenvalue weighted by atomic mass is 16.5. The first-order valence-corrected chi connectivity index (χ1v) is 11.7. The zero-order valence-corrected chi connectivity index (χ0v) is 19.7. The molecule has 0 bridgehead atoms. The highest BCUT2D eigenvalue weighted by Gasteiger charge is 2.22. The van der Waals surface area contributed by atoms with Crippen LogP contribution in [0.5, 0.6) is 5.75 Å². The molecule has 0 radical (unpaired) electrons. The van der Waals surface area contributed by atoms with Crippen LogP contribution in [-0.4, -0.2) is 20.6 Å². The quantitative estimate of drug-likeness (QED) is 0.368. The lowest BCUT2D eigenvalue weighted by atomic mass is 9.90. The van der Waals surface area contributed by atoms with Gasteiger partial charge in [0.25, 0.3) is 0 Å². The average Bonchev–Trinajstić information content (AvgIpc) is 3.11. The first-order chi connectivity index (χ1) is 17.0. The normalized spacial score (nSPS) is 13.9. The first-order valence-electron chi connectivity index (χ1n) is 11.7. The van der Waals surface area contributed by atoms with Gasteiger partial charge in [-0.2, -0.15) is 5.26 Å². The van der Waals surface area contributed by atoms with E-state index in [1.54, 1.807) is 12.1 Å². The Hall–Kier alpha value is -4.37. The summed E-state index contributed by atoms with van der Waals surface area (Å²) in [6.07, 6.45) is 1.66. The SMILES string of the molecule is CCCc1nc2c(C(=O)O)cccc2n1Cc1ccc2c(c1)COc1ccccc1/C2=C(/C)C#N. The molecule has 3 aromatic carbocycles. The molecular weight excluding hydrogens is 438 g/mol. The van der Waals surface area contributed by atoms with Gasteiger partial charge in [0.05, 0.1) is 17.1 Å². The maximum absolute atomic E-state index is 11.8. The summed E-state index contributed by atoms with van der Waals surface area (Å²) in [7, 11) is 0. The molecule has 0 spiro atoms. The molecule has 1 aliphatic rings. The molecule has 1 N–H and O–H groups in total. The van der Waals surface area contributed by atoms with Gasteiger partial charge in [-0.15, -0.1) is 0 Å². The van der Waals surface area contributed by atoms with Gasteiger partial charge in [-0.1, -0.05) is 43.3 Å². The summed E-state index contributed by atoms with van der Waals surface area (Å²) in [6, 6.07) is 21.7. The molecule has 0 atom stereocenters. The maximum atomic E-state index is 11.8. The van der Waals surface area contributed by atoms with Gasteiger partial charge in [-0.3, -0.25) is 0 Å². The molecule has 0 amide bonds. The minimum absolute atomic E-state index is 0.216. The number of nitrogens with zero attached hydrogens (tertiary/aromatic N) is 3. The summed E-state index contributed by atoms with van der Waals surface area (Å²) in [6.45, 7) is 4.89. The van der Waals surface area contributed by atoms with Gasteiger partial charge in [-0.05, 0) is 54.3 Å². The second kappa shape index (κ2) is 9.11. The zero-order valence-electron chi connectivity index (χ0n) is 19.7. The molecule has 6 heteroatoms. The largest absolute Gasteiger partial charge is 0.488 e. The van der Waals surface area contributed by atoms with Crippen molar-refractivity contribution in [3.05, 3.63) is 99.9 Å². The number of benzene rings is 3. The van der Waals surface area contributed by atoms with Gasteiger partial charge >= 0.3 is 5.97 Å². The monoisotopic (exact) mass is 463 g/mol. The van der Waals surface area contributed by atoms with Crippen molar-refractivity contribution in [2.45, 2.75) is 39.8 Å². The predicted octanol–water partition coefficient (Wildman–Crippen LogP) is 5.97. The van der Waals surface area contributed by atoms with Gasteiger partial charge in [0, 0.05) is 29.7 Å². The number of ether oxygens (including phenoxy) is 1. The lowest BCUT2D eigenvalue weighted by molar-refractivity contribution is 0.0699. The van der Waals surface area contributed by atoms with E-state index in [2.05, 4.69) is 35.8 Å². The molecule has 0 unspecified atom stereocenters. The van der Waals surface area contributed by atoms with Crippen LogP contribution in [0.3, 0.4) is 0 Å². The highest BCUT2D eigenvalue weighted by molar-refractivity contribution is 6.01. The molecule has 174 valence electrons. The third-order valence-corrected chi connectivity index (χ3v) is 6.42. The van der Waals surface area contributed by atoms with Crippen LogP contribution in [0.25, 0.3) is 16.6 Å². The minimum atomic E-state index is -0.975. The van der Waals surface area contributed by atoms with E-state index in [0.717, 1.165) is 57.8 Å². The van der Waals surface area contributed by atoms with E-state index in [1.807, 2.05) is 37.3 Å². The van der Waals surface area contributed by atoms with Gasteiger partial charge in [0.1, 0.15) is 23.7 Å². The number of rotatable bonds is 5. The summed E-state index contributed by atoms with van der Waals surface area (Å²) in [5, 5.41) is 19.3. The number of carboxylic acid groups (broad SMARTS) is 1. The van der Waals surface area contributed by atoms with Crippen molar-refractivity contribution in [3.8, 4) is 11.8 Å². The molecule has 0 aliphatic carbocycles. The number of hydrogen-bond acceptors (Lipinski definition) is 4. The fourth-order valence-electron chi connectivity index (χ4n) is 4.81. The van der Waals surface area contributed by atoms with E-state index in [0.29, 0.717) is 24.2 Å². The Labute approximate surface area is 203 Å². The van der Waals surface area contributed by atoms with E-state index in [-0.39, 0.29) is 5.56 Å². The van der Waals surface area contributed by atoms with Crippen molar-refractivity contribution in [3.63, 3.8) is 0 Å². The second-order valence-corrected chi connectivity index (χ2v) is 8.73. The lowest BCUT2D eigenvalue weighted by Crippen LogP contribution is -2.07. The number of carbonyl (C=O) groups is 1. The average molecular weight is 464 g/mol. The molecule has 0 saturated heterocycles. The summed E-state index contributed by atoms with van der Waals surface area (Å²) >= 11 is 0. The molecule has 1 aliphatic heterocycles. The van der Waals surface area contributed by atoms with Crippen molar-refractivity contribution in [1.29, 1.82) is 5.26 Å². The number of para-hydroxylation sites is 2. The van der Waals surface area contributed by atoms with Crippen LogP contribution in [0.1, 0.15) is 58.7 Å². The Bertz CT molecular complexity index is 1540. The summed E-state index contributed by atoms with van der Waals surface area (Å²) < 4.78 is 8.24. The van der Waals surface area contributed by atoms with Gasteiger partial charge < -0.3 is 14.4 Å². The van der Waals surface area contributed by atoms with E-state index in [4.69, 9.17) is 9.72 Å². The van der Waals surface area contributed by atoms with Gasteiger partial charge in [0.15, 0.2) is 0 Å². The fraction of sp³-hybridized carbons (Fsp3) is 0.207. The van der Waals surface area contributed by atoms with Crippen LogP contribution in [0.2, 0.25) is 0 Å². The van der Waals surface area contributed by atoms with Crippen LogP contribution in [0.4, 0.5) is 0 Å². The van der Waals surface area contributed by atoms with Crippen molar-refractivity contribution in [2.75, 3.05) is 0 Å². The molecule has 0 saturated carbocycles. The molecule has 1 aromatic heterocycles. The smallest absolute Gasteiger partial charge is 0.337 e. The number of aromatic carboxylic acids is 1. The predicted molar refractivity (Wildman–Crippen MR) is 134 cm³/mol. The molecule has 2 heterocycles. The van der Waals surface area contributed by atoms with Crippen molar-refractivity contribution >= 4 is 22.6 Å². The molecular formula is C29H25N3O3. The Morgan fingerprint density at radius 1 is 1.14 bits per heavy atom.